The lowest BCUT2D eigenvalue weighted by Gasteiger charge is -2.28. The van der Waals surface area contributed by atoms with Gasteiger partial charge in [-0.1, -0.05) is 0 Å². The summed E-state index contributed by atoms with van der Waals surface area (Å²) in [6.45, 7) is 11.0. The molecule has 1 aromatic rings. The average molecular weight is 537 g/mol. The summed E-state index contributed by atoms with van der Waals surface area (Å²) >= 11 is 0. The van der Waals surface area contributed by atoms with Gasteiger partial charge in [-0.2, -0.15) is 13.2 Å². The molecule has 2 aliphatic heterocycles. The summed E-state index contributed by atoms with van der Waals surface area (Å²) in [6.07, 6.45) is 1.80. The molecule has 2 N–H and O–H groups in total. The number of aromatic nitrogens is 2. The van der Waals surface area contributed by atoms with Gasteiger partial charge in [-0.15, -0.1) is 0 Å². The number of carbonyl (C=O) groups is 3. The number of imidazole rings is 1. The lowest BCUT2D eigenvalue weighted by atomic mass is 10.1. The minimum absolute atomic E-state index is 0.296. The second-order valence-electron chi connectivity index (χ2n) is 9.83. The van der Waals surface area contributed by atoms with Gasteiger partial charge in [0.2, 0.25) is 5.95 Å². The number of hydrogen-bond donors (Lipinski definition) is 2. The van der Waals surface area contributed by atoms with Crippen molar-refractivity contribution in [3.8, 4) is 0 Å². The van der Waals surface area contributed by atoms with Crippen LogP contribution in [-0.2, 0) is 31.8 Å². The molecule has 2 saturated heterocycles. The molecular weight excluding hydrogens is 497 g/mol. The number of piperidine rings is 1. The van der Waals surface area contributed by atoms with E-state index in [1.165, 1.54) is 19.0 Å². The highest BCUT2D eigenvalue weighted by Gasteiger charge is 2.35. The Morgan fingerprint density at radius 3 is 1.86 bits per heavy atom. The van der Waals surface area contributed by atoms with Crippen LogP contribution in [0.2, 0.25) is 0 Å². The number of rotatable bonds is 8. The van der Waals surface area contributed by atoms with E-state index in [0.717, 1.165) is 52.0 Å². The first kappa shape index (κ1) is 32.2. The van der Waals surface area contributed by atoms with Gasteiger partial charge in [0, 0.05) is 32.4 Å². The van der Waals surface area contributed by atoms with E-state index in [9.17, 15) is 27.6 Å². The van der Waals surface area contributed by atoms with Crippen molar-refractivity contribution in [2.75, 3.05) is 37.6 Å². The van der Waals surface area contributed by atoms with Crippen LogP contribution < -0.4 is 4.90 Å². The van der Waals surface area contributed by atoms with Gasteiger partial charge in [-0.05, 0) is 66.0 Å². The minimum atomic E-state index is -4.37. The van der Waals surface area contributed by atoms with Gasteiger partial charge in [0.1, 0.15) is 5.60 Å². The molecule has 0 atom stereocenters. The molecule has 0 spiro atoms. The highest BCUT2D eigenvalue weighted by Crippen LogP contribution is 2.31. The molecule has 0 aromatic carbocycles. The van der Waals surface area contributed by atoms with Crippen molar-refractivity contribution in [1.29, 1.82) is 0 Å². The van der Waals surface area contributed by atoms with Crippen molar-refractivity contribution in [3.05, 3.63) is 11.9 Å². The van der Waals surface area contributed by atoms with Gasteiger partial charge in [0.25, 0.3) is 6.47 Å². The van der Waals surface area contributed by atoms with Crippen LogP contribution in [0.3, 0.4) is 0 Å². The third kappa shape index (κ3) is 13.9. The van der Waals surface area contributed by atoms with E-state index in [0.29, 0.717) is 19.0 Å². The largest absolute Gasteiger partial charge is 0.481 e. The van der Waals surface area contributed by atoms with Crippen molar-refractivity contribution in [2.45, 2.75) is 84.0 Å². The van der Waals surface area contributed by atoms with E-state index in [-0.39, 0.29) is 18.4 Å². The highest BCUT2D eigenvalue weighted by molar-refractivity contribution is 5.75. The van der Waals surface area contributed by atoms with Gasteiger partial charge < -0.3 is 29.3 Å². The van der Waals surface area contributed by atoms with E-state index in [1.54, 1.807) is 4.57 Å². The summed E-state index contributed by atoms with van der Waals surface area (Å²) in [4.78, 5) is 37.1. The Hall–Kier alpha value is -2.83. The first-order valence-corrected chi connectivity index (χ1v) is 12.4. The number of nitrogens with zero attached hydrogens (tertiary/aromatic N) is 4. The number of alkyl halides is 3. The summed E-state index contributed by atoms with van der Waals surface area (Å²) in [6, 6.07) is 0. The maximum absolute atomic E-state index is 13.0. The van der Waals surface area contributed by atoms with Crippen LogP contribution >= 0.6 is 0 Å². The van der Waals surface area contributed by atoms with Crippen LogP contribution in [0.25, 0.3) is 0 Å². The molecule has 3 rings (SSSR count). The van der Waals surface area contributed by atoms with E-state index in [1.807, 2.05) is 25.7 Å². The first-order valence-electron chi connectivity index (χ1n) is 12.4. The number of carboxylic acids is 2. The molecule has 2 fully saturated rings. The van der Waals surface area contributed by atoms with E-state index < -0.39 is 23.8 Å². The third-order valence-corrected chi connectivity index (χ3v) is 5.50. The third-order valence-electron chi connectivity index (χ3n) is 5.50. The summed E-state index contributed by atoms with van der Waals surface area (Å²) in [5.74, 6) is -1.66. The molecule has 37 heavy (non-hydrogen) atoms. The van der Waals surface area contributed by atoms with Crippen molar-refractivity contribution in [1.82, 2.24) is 14.5 Å². The zero-order valence-corrected chi connectivity index (χ0v) is 21.8. The van der Waals surface area contributed by atoms with Crippen LogP contribution in [0.15, 0.2) is 6.20 Å². The molecule has 0 radical (unpaired) electrons. The number of ether oxygens (including phenoxy) is 1. The Morgan fingerprint density at radius 2 is 1.46 bits per heavy atom. The SMILES string of the molecule is CC(C)(C)OC=O.FC(F)(F)c1cn(CCN2CCCC2)c(N2CCCCC2)n1.O=C(O)CCC(=O)O. The fraction of sp³-hybridized carbons (Fsp3) is 0.750. The number of halogens is 3. The van der Waals surface area contributed by atoms with Crippen molar-refractivity contribution >= 4 is 24.4 Å². The maximum atomic E-state index is 13.0. The molecule has 2 aliphatic rings. The Morgan fingerprint density at radius 1 is 0.946 bits per heavy atom. The molecule has 0 saturated carbocycles. The molecule has 0 bridgehead atoms. The number of aliphatic carboxylic acids is 2. The van der Waals surface area contributed by atoms with E-state index in [4.69, 9.17) is 10.2 Å². The Kier molecular flexibility index (Phi) is 13.4. The van der Waals surface area contributed by atoms with E-state index in [2.05, 4.69) is 14.6 Å². The standard InChI is InChI=1S/C15H23F3N4.C5H10O2.C4H6O4/c16-15(17,18)13-12-22(11-10-20-6-4-5-7-20)14(19-13)21-8-2-1-3-9-21;1-5(2,3)7-4-6;5-3(6)1-2-4(7)8/h12H,1-11H2;4H,1-3H3;1-2H2,(H,5,6)(H,7,8). The number of carbonyl (C=O) groups excluding carboxylic acids is 1. The summed E-state index contributed by atoms with van der Waals surface area (Å²) in [7, 11) is 0. The zero-order valence-electron chi connectivity index (χ0n) is 21.8. The molecule has 0 amide bonds. The number of likely N-dealkylation sites (tertiary alicyclic amines) is 1. The second kappa shape index (κ2) is 15.4. The predicted octanol–water partition coefficient (Wildman–Crippen LogP) is 3.88. The molecule has 13 heteroatoms. The molecule has 10 nitrogen and oxygen atoms in total. The Labute approximate surface area is 215 Å². The molecule has 0 aliphatic carbocycles. The van der Waals surface area contributed by atoms with Crippen LogP contribution in [0, 0.1) is 0 Å². The van der Waals surface area contributed by atoms with Crippen LogP contribution in [-0.4, -0.2) is 81.4 Å². The van der Waals surface area contributed by atoms with Gasteiger partial charge in [0.15, 0.2) is 5.69 Å². The quantitative estimate of drug-likeness (QED) is 0.476. The molecule has 3 heterocycles. The highest BCUT2D eigenvalue weighted by atomic mass is 19.4. The summed E-state index contributed by atoms with van der Waals surface area (Å²) in [5, 5.41) is 15.8. The normalized spacial score (nSPS) is 16.2. The summed E-state index contributed by atoms with van der Waals surface area (Å²) < 4.78 is 45.2. The lowest BCUT2D eigenvalue weighted by Crippen LogP contribution is -2.33. The molecule has 1 aromatic heterocycles. The van der Waals surface area contributed by atoms with Gasteiger partial charge in [-0.25, -0.2) is 4.98 Å². The smallest absolute Gasteiger partial charge is 0.434 e. The number of carboxylic acid groups (broad SMARTS) is 2. The number of hydrogen-bond acceptors (Lipinski definition) is 7. The molecule has 0 unspecified atom stereocenters. The minimum Gasteiger partial charge on any atom is -0.481 e. The van der Waals surface area contributed by atoms with Crippen molar-refractivity contribution in [2.24, 2.45) is 0 Å². The van der Waals surface area contributed by atoms with Crippen LogP contribution in [0.5, 0.6) is 0 Å². The summed E-state index contributed by atoms with van der Waals surface area (Å²) in [5.41, 5.74) is -1.09. The Balaban J connectivity index is 0.000000378. The topological polar surface area (TPSA) is 125 Å². The predicted molar refractivity (Wildman–Crippen MR) is 130 cm³/mol. The van der Waals surface area contributed by atoms with Gasteiger partial charge >= 0.3 is 18.1 Å². The monoisotopic (exact) mass is 536 g/mol. The fourth-order valence-corrected chi connectivity index (χ4v) is 3.67. The van der Waals surface area contributed by atoms with Gasteiger partial charge in [-0.3, -0.25) is 14.4 Å². The Bertz CT molecular complexity index is 829. The number of anilines is 1. The van der Waals surface area contributed by atoms with Crippen LogP contribution in [0.4, 0.5) is 19.1 Å². The average Bonchev–Trinajstić information content (AvgIpc) is 3.47. The van der Waals surface area contributed by atoms with Crippen molar-refractivity contribution < 1.29 is 42.5 Å². The molecule has 212 valence electrons. The molecular formula is C24H39F3N4O6. The van der Waals surface area contributed by atoms with Crippen molar-refractivity contribution in [3.63, 3.8) is 0 Å². The first-order chi connectivity index (χ1) is 17.2. The fourth-order valence-electron chi connectivity index (χ4n) is 3.67. The maximum Gasteiger partial charge on any atom is 0.434 e. The zero-order chi connectivity index (χ0) is 28.1. The van der Waals surface area contributed by atoms with Gasteiger partial charge in [0.05, 0.1) is 12.8 Å². The van der Waals surface area contributed by atoms with E-state index >= 15 is 0 Å². The second-order valence-corrected chi connectivity index (χ2v) is 9.83. The van der Waals surface area contributed by atoms with Crippen LogP contribution in [0.1, 0.15) is 71.4 Å². The lowest BCUT2D eigenvalue weighted by molar-refractivity contribution is -0.143.